The molecule has 3 N–H and O–H groups in total. The van der Waals surface area contributed by atoms with E-state index < -0.39 is 16.9 Å². The summed E-state index contributed by atoms with van der Waals surface area (Å²) in [5.41, 5.74) is 0. The Labute approximate surface area is 129 Å². The predicted octanol–water partition coefficient (Wildman–Crippen LogP) is -6.83. The molecule has 0 aliphatic carbocycles. The maximum Gasteiger partial charge on any atom is 2.00 e. The standard InChI is InChI=1S/2Ca.H3O4P.H3O4Si/c;;2*1-5(2,3)4/h;;(H3,1,2,3,4);1-3H/q2*+2;;-1/p-3. The largest absolute Gasteiger partial charge is 2.00 e. The van der Waals surface area contributed by atoms with Gasteiger partial charge in [0.1, 0.15) is 0 Å². The van der Waals surface area contributed by atoms with Gasteiger partial charge in [0.25, 0.3) is 0 Å². The number of hydrogen-bond acceptors (Lipinski definition) is 8. The van der Waals surface area contributed by atoms with Crippen molar-refractivity contribution in [2.24, 2.45) is 0 Å². The van der Waals surface area contributed by atoms with Crippen molar-refractivity contribution in [1.82, 2.24) is 0 Å². The summed E-state index contributed by atoms with van der Waals surface area (Å²) in [4.78, 5) is 56.2. The van der Waals surface area contributed by atoms with Crippen LogP contribution in [0.2, 0.25) is 0 Å². The van der Waals surface area contributed by atoms with Crippen molar-refractivity contribution < 1.29 is 38.4 Å². The molecular formula is H3Ca2O8PSi. The van der Waals surface area contributed by atoms with Crippen molar-refractivity contribution in [1.29, 1.82) is 0 Å². The van der Waals surface area contributed by atoms with Crippen LogP contribution in [-0.2, 0) is 4.57 Å². The third kappa shape index (κ3) is 240. The van der Waals surface area contributed by atoms with Crippen LogP contribution in [0.25, 0.3) is 0 Å². The van der Waals surface area contributed by atoms with Gasteiger partial charge in [0.15, 0.2) is 0 Å². The first-order valence-corrected chi connectivity index (χ1v) is 4.82. The van der Waals surface area contributed by atoms with Gasteiger partial charge < -0.3 is 38.4 Å². The fraction of sp³-hybridized carbons (Fsp3) is 0. The summed E-state index contributed by atoms with van der Waals surface area (Å²) < 4.78 is 8.55. The average Bonchev–Trinajstić information content (AvgIpc) is 1.12. The molecule has 64 valence electrons. The Balaban J connectivity index is -0.0000000457. The summed E-state index contributed by atoms with van der Waals surface area (Å²) in [5, 5.41) is 0. The van der Waals surface area contributed by atoms with Gasteiger partial charge in [-0.15, -0.1) is 0 Å². The van der Waals surface area contributed by atoms with E-state index in [1.54, 1.807) is 0 Å². The quantitative estimate of drug-likeness (QED) is 0.288. The van der Waals surface area contributed by atoms with E-state index in [1.807, 2.05) is 0 Å². The maximum atomic E-state index is 8.91. The summed E-state index contributed by atoms with van der Waals surface area (Å²) in [6.45, 7) is 0. The molecule has 0 fully saturated rings. The molecule has 0 aromatic heterocycles. The topological polar surface area (TPSA) is 170 Å². The summed E-state index contributed by atoms with van der Waals surface area (Å²) in [5.74, 6) is 0. The zero-order valence-electron chi connectivity index (χ0n) is 5.74. The molecule has 0 rings (SSSR count). The van der Waals surface area contributed by atoms with Gasteiger partial charge in [-0.3, -0.25) is 0 Å². The van der Waals surface area contributed by atoms with Crippen LogP contribution in [0, 0.1) is 0 Å². The van der Waals surface area contributed by atoms with E-state index in [4.69, 9.17) is 38.4 Å². The third-order valence-corrected chi connectivity index (χ3v) is 0. The molecule has 0 aliphatic heterocycles. The molecule has 0 unspecified atom stereocenters. The summed E-state index contributed by atoms with van der Waals surface area (Å²) in [6, 6.07) is 0. The van der Waals surface area contributed by atoms with E-state index >= 15 is 0 Å². The van der Waals surface area contributed by atoms with Crippen LogP contribution in [0.5, 0.6) is 0 Å². The zero-order chi connectivity index (χ0) is 9.00. The zero-order valence-corrected chi connectivity index (χ0v) is 12.1. The molecule has 0 heterocycles. The average molecular weight is 270 g/mol. The Kier molecular flexibility index (Phi) is 20.5. The molecule has 0 atom stereocenters. The molecule has 0 aromatic carbocycles. The van der Waals surface area contributed by atoms with Crippen molar-refractivity contribution in [3.63, 3.8) is 0 Å². The van der Waals surface area contributed by atoms with Crippen LogP contribution in [0.4, 0.5) is 0 Å². The van der Waals surface area contributed by atoms with Crippen LogP contribution in [-0.4, -0.2) is 98.9 Å². The van der Waals surface area contributed by atoms with E-state index in [0.717, 1.165) is 0 Å². The van der Waals surface area contributed by atoms with E-state index in [9.17, 15) is 0 Å². The molecule has 12 heteroatoms. The van der Waals surface area contributed by atoms with E-state index in [1.165, 1.54) is 0 Å². The van der Waals surface area contributed by atoms with Gasteiger partial charge >= 0.3 is 84.5 Å². The molecule has 0 aromatic rings. The van der Waals surface area contributed by atoms with Crippen LogP contribution >= 0.6 is 7.82 Å². The smallest absolute Gasteiger partial charge is 0.822 e. The van der Waals surface area contributed by atoms with Crippen LogP contribution in [0.15, 0.2) is 0 Å². The van der Waals surface area contributed by atoms with Crippen LogP contribution < -0.4 is 19.5 Å². The van der Waals surface area contributed by atoms with Crippen molar-refractivity contribution >= 4 is 92.3 Å². The van der Waals surface area contributed by atoms with Gasteiger partial charge in [0.2, 0.25) is 0 Å². The van der Waals surface area contributed by atoms with E-state index in [2.05, 4.69) is 0 Å². The van der Waals surface area contributed by atoms with E-state index in [0.29, 0.717) is 0 Å². The summed E-state index contributed by atoms with van der Waals surface area (Å²) in [7, 11) is -10.2. The fourth-order valence-corrected chi connectivity index (χ4v) is 0. The first-order chi connectivity index (χ1) is 4.00. The Bertz CT molecular complexity index is 109. The predicted molar refractivity (Wildman–Crippen MR) is 31.5 cm³/mol. The minimum atomic E-state index is -5.39. The normalized spacial score (nSPS) is 9.92. The Morgan fingerprint density at radius 2 is 1.00 bits per heavy atom. The second-order valence-electron chi connectivity index (χ2n) is 1.02. The number of hydrogen-bond donors (Lipinski definition) is 3. The molecule has 0 saturated carbocycles. The molecule has 0 amide bonds. The number of rotatable bonds is 0. The van der Waals surface area contributed by atoms with Crippen LogP contribution in [0.3, 0.4) is 0 Å². The van der Waals surface area contributed by atoms with Crippen molar-refractivity contribution in [2.45, 2.75) is 0 Å². The SMILES string of the molecule is O=P([O-])([O-])[O-].[Ca+2].[Ca+2].[O-][Si](O)(O)O. The Morgan fingerprint density at radius 1 is 1.00 bits per heavy atom. The monoisotopic (exact) mass is 270 g/mol. The second-order valence-corrected chi connectivity index (χ2v) is 3.06. The van der Waals surface area contributed by atoms with Gasteiger partial charge in [-0.25, -0.2) is 0 Å². The molecular weight excluding hydrogens is 267 g/mol. The molecule has 0 aliphatic rings. The minimum Gasteiger partial charge on any atom is -0.822 e. The first kappa shape index (κ1) is 24.1. The summed E-state index contributed by atoms with van der Waals surface area (Å²) >= 11 is 0. The molecule has 0 radical (unpaired) electrons. The Morgan fingerprint density at radius 3 is 1.00 bits per heavy atom. The van der Waals surface area contributed by atoms with E-state index in [-0.39, 0.29) is 75.5 Å². The minimum absolute atomic E-state index is 0. The number of phosphoric acid groups is 1. The van der Waals surface area contributed by atoms with Gasteiger partial charge in [-0.05, 0) is 0 Å². The van der Waals surface area contributed by atoms with Gasteiger partial charge in [-0.2, -0.15) is 7.82 Å². The van der Waals surface area contributed by atoms with Crippen molar-refractivity contribution in [2.75, 3.05) is 0 Å². The third-order valence-electron chi connectivity index (χ3n) is 0. The molecule has 0 spiro atoms. The maximum absolute atomic E-state index is 8.91. The first-order valence-electron chi connectivity index (χ1n) is 1.61. The van der Waals surface area contributed by atoms with Crippen LogP contribution in [0.1, 0.15) is 0 Å². The molecule has 0 saturated heterocycles. The Hall–Kier alpha value is 2.69. The molecule has 8 nitrogen and oxygen atoms in total. The van der Waals surface area contributed by atoms with Gasteiger partial charge in [0.05, 0.1) is 0 Å². The fourth-order valence-electron chi connectivity index (χ4n) is 0. The van der Waals surface area contributed by atoms with Gasteiger partial charge in [-0.1, -0.05) is 0 Å². The molecule has 12 heavy (non-hydrogen) atoms. The van der Waals surface area contributed by atoms with Gasteiger partial charge in [0, 0.05) is 0 Å². The molecule has 0 bridgehead atoms. The summed E-state index contributed by atoms with van der Waals surface area (Å²) in [6.07, 6.45) is 0. The van der Waals surface area contributed by atoms with Crippen molar-refractivity contribution in [3.8, 4) is 0 Å². The van der Waals surface area contributed by atoms with Crippen molar-refractivity contribution in [3.05, 3.63) is 0 Å². The second kappa shape index (κ2) is 10.2.